The molecule has 2 aromatic heterocycles. The first kappa shape index (κ1) is 22.4. The zero-order valence-electron chi connectivity index (χ0n) is 20.2. The molecule has 1 saturated carbocycles. The Bertz CT molecular complexity index is 1080. The van der Waals surface area contributed by atoms with Crippen molar-refractivity contribution in [3.8, 4) is 17.0 Å². The molecule has 0 unspecified atom stereocenters. The van der Waals surface area contributed by atoms with E-state index in [-0.39, 0.29) is 6.10 Å². The number of aromatic amines is 1. The van der Waals surface area contributed by atoms with E-state index in [4.69, 9.17) is 9.47 Å². The first-order chi connectivity index (χ1) is 16.1. The van der Waals surface area contributed by atoms with Crippen molar-refractivity contribution < 1.29 is 9.47 Å². The lowest BCUT2D eigenvalue weighted by atomic mass is 9.94. The van der Waals surface area contributed by atoms with Gasteiger partial charge in [0, 0.05) is 28.4 Å². The monoisotopic (exact) mass is 447 g/mol. The summed E-state index contributed by atoms with van der Waals surface area (Å²) in [7, 11) is 0. The zero-order chi connectivity index (χ0) is 22.8. The molecule has 0 spiro atoms. The number of aryl methyl sites for hydroxylation is 1. The van der Waals surface area contributed by atoms with Crippen LogP contribution < -0.4 is 10.1 Å². The highest BCUT2D eigenvalue weighted by molar-refractivity contribution is 5.92. The van der Waals surface area contributed by atoms with Crippen LogP contribution in [0.4, 0.5) is 0 Å². The highest BCUT2D eigenvalue weighted by Gasteiger charge is 2.26. The van der Waals surface area contributed by atoms with Crippen LogP contribution in [0.5, 0.6) is 5.75 Å². The molecule has 3 aromatic rings. The number of rotatable bonds is 6. The van der Waals surface area contributed by atoms with Gasteiger partial charge < -0.3 is 19.8 Å². The van der Waals surface area contributed by atoms with E-state index in [0.29, 0.717) is 18.1 Å². The van der Waals surface area contributed by atoms with E-state index in [1.165, 1.54) is 22.2 Å². The van der Waals surface area contributed by atoms with Crippen LogP contribution in [0.25, 0.3) is 22.2 Å². The normalized spacial score (nSPS) is 22.2. The fraction of sp³-hybridized carbons (Fsp3) is 0.536. The van der Waals surface area contributed by atoms with Gasteiger partial charge in [-0.3, -0.25) is 4.98 Å². The maximum atomic E-state index is 6.48. The highest BCUT2D eigenvalue weighted by Crippen LogP contribution is 2.38. The summed E-state index contributed by atoms with van der Waals surface area (Å²) in [6.45, 7) is 8.74. The van der Waals surface area contributed by atoms with E-state index in [1.54, 1.807) is 0 Å². The van der Waals surface area contributed by atoms with E-state index in [2.05, 4.69) is 59.5 Å². The van der Waals surface area contributed by atoms with Gasteiger partial charge in [-0.1, -0.05) is 13.8 Å². The number of ether oxygens (including phenoxy) is 2. The summed E-state index contributed by atoms with van der Waals surface area (Å²) in [5, 5.41) is 4.68. The van der Waals surface area contributed by atoms with Crippen molar-refractivity contribution in [3.63, 3.8) is 0 Å². The van der Waals surface area contributed by atoms with Gasteiger partial charge in [-0.25, -0.2) is 0 Å². The average Bonchev–Trinajstić information content (AvgIpc) is 3.20. The summed E-state index contributed by atoms with van der Waals surface area (Å²) in [5.41, 5.74) is 5.93. The van der Waals surface area contributed by atoms with Crippen molar-refractivity contribution in [2.24, 2.45) is 0 Å². The summed E-state index contributed by atoms with van der Waals surface area (Å²) in [6, 6.07) is 10.8. The van der Waals surface area contributed by atoms with Crippen LogP contribution in [0, 0.1) is 6.92 Å². The van der Waals surface area contributed by atoms with Crippen molar-refractivity contribution >= 4 is 10.9 Å². The van der Waals surface area contributed by atoms with Crippen LogP contribution in [0.3, 0.4) is 0 Å². The molecule has 0 amide bonds. The van der Waals surface area contributed by atoms with Crippen LogP contribution in [-0.2, 0) is 4.74 Å². The fourth-order valence-corrected chi connectivity index (χ4v) is 5.48. The molecule has 0 atom stereocenters. The lowest BCUT2D eigenvalue weighted by Crippen LogP contribution is -2.37. The molecule has 1 saturated heterocycles. The fourth-order valence-electron chi connectivity index (χ4n) is 5.48. The number of benzene rings is 1. The topological polar surface area (TPSA) is 59.2 Å². The molecule has 3 heterocycles. The molecule has 2 N–H and O–H groups in total. The molecule has 0 bridgehead atoms. The Morgan fingerprint density at radius 3 is 2.36 bits per heavy atom. The van der Waals surface area contributed by atoms with Gasteiger partial charge in [-0.15, -0.1) is 0 Å². The first-order valence-corrected chi connectivity index (χ1v) is 12.7. The lowest BCUT2D eigenvalue weighted by Gasteiger charge is -2.33. The van der Waals surface area contributed by atoms with Crippen LogP contribution in [-0.4, -0.2) is 41.4 Å². The van der Waals surface area contributed by atoms with Gasteiger partial charge in [0.1, 0.15) is 5.75 Å². The molecule has 5 heteroatoms. The van der Waals surface area contributed by atoms with Crippen molar-refractivity contribution in [1.82, 2.24) is 15.3 Å². The quantitative estimate of drug-likeness (QED) is 0.478. The number of nitrogens with one attached hydrogen (secondary N) is 2. The number of pyridine rings is 1. The standard InChI is InChI=1S/C28H37N3O2/c1-18(2)27-25-17-24(8-9-26(25)31-28(27)20-10-15-30-19(3)16-20)33-22-6-4-21(5-7-22)32-23-11-13-29-14-12-23/h8-10,15-18,21-23,29,31H,4-7,11-14H2,1-3H3. The predicted octanol–water partition coefficient (Wildman–Crippen LogP) is 6.12. The molecular formula is C28H37N3O2. The highest BCUT2D eigenvalue weighted by atomic mass is 16.5. The molecule has 176 valence electrons. The molecule has 5 nitrogen and oxygen atoms in total. The van der Waals surface area contributed by atoms with E-state index in [1.807, 2.05) is 13.1 Å². The molecular weight excluding hydrogens is 410 g/mol. The van der Waals surface area contributed by atoms with Gasteiger partial charge in [0.15, 0.2) is 0 Å². The Labute approximate surface area is 197 Å². The minimum Gasteiger partial charge on any atom is -0.490 e. The molecule has 1 aromatic carbocycles. The van der Waals surface area contributed by atoms with E-state index in [0.717, 1.165) is 68.6 Å². The number of H-pyrrole nitrogens is 1. The SMILES string of the molecule is Cc1cc(-c2[nH]c3ccc(OC4CCC(OC5CCNCC5)CC4)cc3c2C(C)C)ccn1. The number of hydrogen-bond donors (Lipinski definition) is 2. The van der Waals surface area contributed by atoms with Gasteiger partial charge in [-0.2, -0.15) is 0 Å². The third-order valence-electron chi connectivity index (χ3n) is 7.17. The summed E-state index contributed by atoms with van der Waals surface area (Å²) < 4.78 is 12.9. The summed E-state index contributed by atoms with van der Waals surface area (Å²) in [5.74, 6) is 1.38. The maximum Gasteiger partial charge on any atom is 0.120 e. The van der Waals surface area contributed by atoms with E-state index in [9.17, 15) is 0 Å². The van der Waals surface area contributed by atoms with Gasteiger partial charge in [0.25, 0.3) is 0 Å². The Morgan fingerprint density at radius 1 is 0.909 bits per heavy atom. The van der Waals surface area contributed by atoms with Crippen molar-refractivity contribution in [2.75, 3.05) is 13.1 Å². The summed E-state index contributed by atoms with van der Waals surface area (Å²) in [6.07, 6.45) is 9.64. The Morgan fingerprint density at radius 2 is 1.64 bits per heavy atom. The van der Waals surface area contributed by atoms with Gasteiger partial charge in [0.05, 0.1) is 24.0 Å². The molecule has 33 heavy (non-hydrogen) atoms. The van der Waals surface area contributed by atoms with Gasteiger partial charge >= 0.3 is 0 Å². The minimum absolute atomic E-state index is 0.277. The van der Waals surface area contributed by atoms with E-state index < -0.39 is 0 Å². The number of aromatic nitrogens is 2. The van der Waals surface area contributed by atoms with E-state index >= 15 is 0 Å². The third-order valence-corrected chi connectivity index (χ3v) is 7.17. The molecule has 0 radical (unpaired) electrons. The molecule has 5 rings (SSSR count). The second-order valence-corrected chi connectivity index (χ2v) is 10.1. The smallest absolute Gasteiger partial charge is 0.120 e. The summed E-state index contributed by atoms with van der Waals surface area (Å²) >= 11 is 0. The van der Waals surface area contributed by atoms with Gasteiger partial charge in [-0.05, 0) is 100 Å². The predicted molar refractivity (Wildman–Crippen MR) is 134 cm³/mol. The number of hydrogen-bond acceptors (Lipinski definition) is 4. The maximum absolute atomic E-state index is 6.48. The average molecular weight is 448 g/mol. The van der Waals surface area contributed by atoms with Crippen molar-refractivity contribution in [1.29, 1.82) is 0 Å². The number of piperidine rings is 1. The summed E-state index contributed by atoms with van der Waals surface area (Å²) in [4.78, 5) is 8.03. The Balaban J connectivity index is 1.29. The Kier molecular flexibility index (Phi) is 6.70. The number of fused-ring (bicyclic) bond motifs is 1. The lowest BCUT2D eigenvalue weighted by molar-refractivity contribution is -0.0548. The van der Waals surface area contributed by atoms with Crippen molar-refractivity contribution in [3.05, 3.63) is 47.8 Å². The molecule has 1 aliphatic heterocycles. The van der Waals surface area contributed by atoms with Crippen LogP contribution in [0.2, 0.25) is 0 Å². The second-order valence-electron chi connectivity index (χ2n) is 10.1. The minimum atomic E-state index is 0.277. The molecule has 2 fully saturated rings. The van der Waals surface area contributed by atoms with Gasteiger partial charge in [0.2, 0.25) is 0 Å². The number of nitrogens with zero attached hydrogens (tertiary/aromatic N) is 1. The third kappa shape index (κ3) is 5.10. The van der Waals surface area contributed by atoms with Crippen LogP contribution >= 0.6 is 0 Å². The Hall–Kier alpha value is -2.37. The largest absolute Gasteiger partial charge is 0.490 e. The second kappa shape index (κ2) is 9.86. The zero-order valence-corrected chi connectivity index (χ0v) is 20.2. The molecule has 2 aliphatic rings. The van der Waals surface area contributed by atoms with Crippen LogP contribution in [0.1, 0.15) is 69.5 Å². The van der Waals surface area contributed by atoms with Crippen molar-refractivity contribution in [2.45, 2.75) is 83.5 Å². The first-order valence-electron chi connectivity index (χ1n) is 12.7. The van der Waals surface area contributed by atoms with Crippen LogP contribution in [0.15, 0.2) is 36.5 Å². The molecule has 1 aliphatic carbocycles.